The molecule has 0 heterocycles. The first-order chi connectivity index (χ1) is 11.0. The summed E-state index contributed by atoms with van der Waals surface area (Å²) in [5.74, 6) is 0. The van der Waals surface area contributed by atoms with Crippen LogP contribution in [0.3, 0.4) is 0 Å². The van der Waals surface area contributed by atoms with E-state index in [-0.39, 0.29) is 12.0 Å². The molecule has 0 radical (unpaired) electrons. The van der Waals surface area contributed by atoms with Crippen molar-refractivity contribution in [3.8, 4) is 0 Å². The molecule has 0 saturated heterocycles. The van der Waals surface area contributed by atoms with Crippen LogP contribution in [0.1, 0.15) is 22.3 Å². The Hall–Kier alpha value is -2.09. The van der Waals surface area contributed by atoms with Gasteiger partial charge in [0.05, 0.1) is 6.10 Å². The minimum absolute atomic E-state index is 0.0411. The molecule has 0 fully saturated rings. The Balaban J connectivity index is 2.76. The summed E-state index contributed by atoms with van der Waals surface area (Å²) in [6.07, 6.45) is -10.2. The number of rotatable bonds is 3. The Morgan fingerprint density at radius 1 is 1.00 bits per heavy atom. The summed E-state index contributed by atoms with van der Waals surface area (Å²) in [6.45, 7) is 0. The zero-order chi connectivity index (χ0) is 18.2. The number of carbonyl (C=O) groups is 1. The lowest BCUT2D eigenvalue weighted by atomic mass is 9.70. The number of hydrogen-bond donors (Lipinski definition) is 1. The van der Waals surface area contributed by atoms with Gasteiger partial charge in [-0.05, 0) is 17.6 Å². The lowest BCUT2D eigenvalue weighted by molar-refractivity contribution is -0.289. The van der Waals surface area contributed by atoms with Gasteiger partial charge in [-0.15, -0.1) is 0 Å². The van der Waals surface area contributed by atoms with Crippen LogP contribution in [0.25, 0.3) is 0 Å². The lowest BCUT2D eigenvalue weighted by Crippen LogP contribution is -2.55. The molecule has 0 aromatic heterocycles. The van der Waals surface area contributed by atoms with Crippen LogP contribution in [0.15, 0.2) is 48.1 Å². The standard InChI is InChI=1S/C16H12F6O2/c17-15(18,19)14(16(20,21)22,12-5-7-13(24)8-6-12)11-3-1-10(9-23)2-4-11/h1-7,9,13,24H,8H2. The van der Waals surface area contributed by atoms with Crippen LogP contribution in [0, 0.1) is 0 Å². The number of allylic oxidation sites excluding steroid dienone is 2. The first-order valence-electron chi connectivity index (χ1n) is 6.80. The highest BCUT2D eigenvalue weighted by molar-refractivity contribution is 5.74. The van der Waals surface area contributed by atoms with Crippen molar-refractivity contribution >= 4 is 6.29 Å². The number of hydrogen-bond acceptors (Lipinski definition) is 2. The Labute approximate surface area is 133 Å². The average molecular weight is 350 g/mol. The summed E-state index contributed by atoms with van der Waals surface area (Å²) in [7, 11) is 0. The van der Waals surface area contributed by atoms with Crippen molar-refractivity contribution in [1.82, 2.24) is 0 Å². The average Bonchev–Trinajstić information content (AvgIpc) is 2.47. The van der Waals surface area contributed by atoms with Gasteiger partial charge < -0.3 is 5.11 Å². The molecule has 0 amide bonds. The van der Waals surface area contributed by atoms with Gasteiger partial charge in [-0.1, -0.05) is 42.5 Å². The van der Waals surface area contributed by atoms with E-state index >= 15 is 0 Å². The summed E-state index contributed by atoms with van der Waals surface area (Å²) in [5, 5.41) is 9.30. The highest BCUT2D eigenvalue weighted by Crippen LogP contribution is 2.57. The molecule has 1 aliphatic rings. The molecule has 0 aliphatic heterocycles. The third-order valence-corrected chi connectivity index (χ3v) is 3.84. The molecular formula is C16H12F6O2. The van der Waals surface area contributed by atoms with Crippen molar-refractivity contribution < 1.29 is 36.2 Å². The van der Waals surface area contributed by atoms with E-state index in [9.17, 15) is 36.2 Å². The van der Waals surface area contributed by atoms with Crippen LogP contribution in [0.4, 0.5) is 26.3 Å². The summed E-state index contributed by atoms with van der Waals surface area (Å²) < 4.78 is 82.2. The smallest absolute Gasteiger partial charge is 0.389 e. The van der Waals surface area contributed by atoms with Crippen molar-refractivity contribution in [2.75, 3.05) is 0 Å². The van der Waals surface area contributed by atoms with E-state index in [1.807, 2.05) is 0 Å². The predicted molar refractivity (Wildman–Crippen MR) is 73.5 cm³/mol. The molecule has 1 unspecified atom stereocenters. The number of halogens is 6. The maximum Gasteiger partial charge on any atom is 0.411 e. The number of carbonyl (C=O) groups excluding carboxylic acids is 1. The molecule has 8 heteroatoms. The first kappa shape index (κ1) is 18.3. The van der Waals surface area contributed by atoms with Gasteiger partial charge in [0, 0.05) is 5.56 Å². The van der Waals surface area contributed by atoms with Crippen LogP contribution in [-0.2, 0) is 5.41 Å². The van der Waals surface area contributed by atoms with Crippen LogP contribution in [-0.4, -0.2) is 29.8 Å². The molecule has 24 heavy (non-hydrogen) atoms. The summed E-state index contributed by atoms with van der Waals surface area (Å²) in [5.41, 5.74) is -6.33. The number of alkyl halides is 6. The Bertz CT molecular complexity index is 653. The zero-order valence-electron chi connectivity index (χ0n) is 12.0. The maximum atomic E-state index is 13.7. The maximum absolute atomic E-state index is 13.7. The molecule has 1 N–H and O–H groups in total. The molecule has 0 spiro atoms. The SMILES string of the molecule is O=Cc1ccc(C(C2=CCC(O)C=C2)(C(F)(F)F)C(F)(F)F)cc1. The Morgan fingerprint density at radius 3 is 1.92 bits per heavy atom. The van der Waals surface area contributed by atoms with E-state index in [0.29, 0.717) is 24.5 Å². The van der Waals surface area contributed by atoms with Crippen molar-refractivity contribution in [1.29, 1.82) is 0 Å². The third-order valence-electron chi connectivity index (χ3n) is 3.84. The fourth-order valence-electron chi connectivity index (χ4n) is 2.68. The van der Waals surface area contributed by atoms with Crippen LogP contribution in [0.5, 0.6) is 0 Å². The first-order valence-corrected chi connectivity index (χ1v) is 6.80. The van der Waals surface area contributed by atoms with E-state index < -0.39 is 35.0 Å². The van der Waals surface area contributed by atoms with Gasteiger partial charge in [-0.25, -0.2) is 0 Å². The number of aliphatic hydroxyl groups is 1. The molecule has 1 aliphatic carbocycles. The van der Waals surface area contributed by atoms with Gasteiger partial charge in [-0.2, -0.15) is 26.3 Å². The Morgan fingerprint density at radius 2 is 1.54 bits per heavy atom. The molecule has 1 atom stereocenters. The summed E-state index contributed by atoms with van der Waals surface area (Å²) in [6, 6.07) is 3.09. The predicted octanol–water partition coefficient (Wildman–Crippen LogP) is 4.11. The summed E-state index contributed by atoms with van der Waals surface area (Å²) >= 11 is 0. The van der Waals surface area contributed by atoms with E-state index in [1.165, 1.54) is 0 Å². The largest absolute Gasteiger partial charge is 0.411 e. The van der Waals surface area contributed by atoms with Crippen molar-refractivity contribution in [3.63, 3.8) is 0 Å². The van der Waals surface area contributed by atoms with E-state index in [2.05, 4.69) is 0 Å². The third kappa shape index (κ3) is 2.86. The van der Waals surface area contributed by atoms with Gasteiger partial charge in [-0.3, -0.25) is 4.79 Å². The molecular weight excluding hydrogens is 338 g/mol. The van der Waals surface area contributed by atoms with Gasteiger partial charge in [0.25, 0.3) is 0 Å². The van der Waals surface area contributed by atoms with E-state index in [1.54, 1.807) is 0 Å². The molecule has 1 aromatic rings. The fourth-order valence-corrected chi connectivity index (χ4v) is 2.68. The molecule has 0 bridgehead atoms. The van der Waals surface area contributed by atoms with E-state index in [0.717, 1.165) is 24.3 Å². The van der Waals surface area contributed by atoms with Crippen LogP contribution >= 0.6 is 0 Å². The highest BCUT2D eigenvalue weighted by Gasteiger charge is 2.72. The minimum Gasteiger partial charge on any atom is -0.389 e. The normalized spacial score (nSPS) is 19.1. The molecule has 2 rings (SSSR count). The molecule has 1 aromatic carbocycles. The molecule has 2 nitrogen and oxygen atoms in total. The van der Waals surface area contributed by atoms with Crippen molar-refractivity contribution in [3.05, 3.63) is 59.2 Å². The highest BCUT2D eigenvalue weighted by atomic mass is 19.4. The number of aliphatic hydroxyl groups excluding tert-OH is 1. The molecule has 130 valence electrons. The second-order valence-corrected chi connectivity index (χ2v) is 5.31. The minimum atomic E-state index is -5.67. The zero-order valence-corrected chi connectivity index (χ0v) is 12.0. The second-order valence-electron chi connectivity index (χ2n) is 5.31. The number of aldehydes is 1. The van der Waals surface area contributed by atoms with Gasteiger partial charge in [0.1, 0.15) is 6.29 Å². The van der Waals surface area contributed by atoms with Gasteiger partial charge >= 0.3 is 12.4 Å². The fraction of sp³-hybridized carbons (Fsp3) is 0.312. The van der Waals surface area contributed by atoms with Gasteiger partial charge in [0.2, 0.25) is 5.41 Å². The van der Waals surface area contributed by atoms with Crippen molar-refractivity contribution in [2.45, 2.75) is 30.3 Å². The summed E-state index contributed by atoms with van der Waals surface area (Å²) in [4.78, 5) is 10.6. The van der Waals surface area contributed by atoms with Crippen LogP contribution < -0.4 is 0 Å². The molecule has 0 saturated carbocycles. The number of benzene rings is 1. The Kier molecular flexibility index (Phi) is 4.63. The quantitative estimate of drug-likeness (QED) is 0.658. The monoisotopic (exact) mass is 350 g/mol. The second kappa shape index (κ2) is 6.08. The van der Waals surface area contributed by atoms with Crippen LogP contribution in [0.2, 0.25) is 0 Å². The van der Waals surface area contributed by atoms with E-state index in [4.69, 9.17) is 0 Å². The van der Waals surface area contributed by atoms with Gasteiger partial charge in [0.15, 0.2) is 0 Å². The van der Waals surface area contributed by atoms with Crippen molar-refractivity contribution in [2.24, 2.45) is 0 Å². The topological polar surface area (TPSA) is 37.3 Å². The lowest BCUT2D eigenvalue weighted by Gasteiger charge is -2.39.